The lowest BCUT2D eigenvalue weighted by Crippen LogP contribution is -2.45. The number of methoxy groups -OCH3 is 1. The minimum Gasteiger partial charge on any atom is -0.384 e. The summed E-state index contributed by atoms with van der Waals surface area (Å²) in [6.07, 6.45) is 1.75. The van der Waals surface area contributed by atoms with Crippen molar-refractivity contribution in [2.45, 2.75) is 45.6 Å². The van der Waals surface area contributed by atoms with E-state index in [1.165, 1.54) is 17.5 Å². The molecule has 0 aromatic heterocycles. The Balaban J connectivity index is 0.00000300. The average molecular weight is 516 g/mol. The lowest BCUT2D eigenvalue weighted by molar-refractivity contribution is -0.0705. The number of halogens is 1. The highest BCUT2D eigenvalue weighted by Crippen LogP contribution is 2.18. The fraction of sp³-hybridized carbons (Fsp3) is 0.682. The van der Waals surface area contributed by atoms with Gasteiger partial charge < -0.3 is 19.7 Å². The van der Waals surface area contributed by atoms with Crippen LogP contribution in [-0.4, -0.2) is 74.9 Å². The summed E-state index contributed by atoms with van der Waals surface area (Å²) < 4.78 is 11.2. The number of guanidine groups is 1. The number of aliphatic imine (C=N–C) groups is 1. The van der Waals surface area contributed by atoms with Crippen molar-refractivity contribution >= 4 is 29.9 Å². The zero-order chi connectivity index (χ0) is 19.9. The van der Waals surface area contributed by atoms with E-state index in [1.807, 2.05) is 7.05 Å². The first-order chi connectivity index (χ1) is 13.6. The molecule has 0 saturated carbocycles. The summed E-state index contributed by atoms with van der Waals surface area (Å²) in [4.78, 5) is 9.36. The summed E-state index contributed by atoms with van der Waals surface area (Å²) in [5.41, 5.74) is 2.72. The molecule has 1 aromatic carbocycles. The fourth-order valence-corrected chi connectivity index (χ4v) is 4.44. The van der Waals surface area contributed by atoms with Crippen molar-refractivity contribution in [2.24, 2.45) is 10.9 Å². The lowest BCUT2D eigenvalue weighted by atomic mass is 10.1. The van der Waals surface area contributed by atoms with E-state index in [9.17, 15) is 0 Å². The van der Waals surface area contributed by atoms with Crippen molar-refractivity contribution in [3.05, 3.63) is 35.4 Å². The molecule has 3 unspecified atom stereocenters. The maximum Gasteiger partial charge on any atom is 0.193 e. The molecule has 2 heterocycles. The second kappa shape index (κ2) is 12.1. The van der Waals surface area contributed by atoms with E-state index in [0.29, 0.717) is 18.1 Å². The highest BCUT2D eigenvalue weighted by Gasteiger charge is 2.25. The molecule has 7 heteroatoms. The average Bonchev–Trinajstić information content (AvgIpc) is 3.11. The largest absolute Gasteiger partial charge is 0.384 e. The second-order valence-corrected chi connectivity index (χ2v) is 8.18. The number of nitrogens with one attached hydrogen (secondary N) is 1. The van der Waals surface area contributed by atoms with Gasteiger partial charge in [-0.1, -0.05) is 24.3 Å². The Morgan fingerprint density at radius 3 is 2.52 bits per heavy atom. The molecule has 0 amide bonds. The Hall–Kier alpha value is -0.900. The predicted octanol–water partition coefficient (Wildman–Crippen LogP) is 2.96. The van der Waals surface area contributed by atoms with Crippen molar-refractivity contribution in [2.75, 3.05) is 46.9 Å². The van der Waals surface area contributed by atoms with E-state index in [0.717, 1.165) is 51.8 Å². The van der Waals surface area contributed by atoms with Gasteiger partial charge in [0, 0.05) is 59.3 Å². The SMILES string of the molecule is CN=C(NCc1ccccc1CN1CC(C)OC(C)C1)N1CCC(COC)C1.I. The topological polar surface area (TPSA) is 49.3 Å². The third-order valence-corrected chi connectivity index (χ3v) is 5.64. The molecule has 164 valence electrons. The highest BCUT2D eigenvalue weighted by atomic mass is 127. The third-order valence-electron chi connectivity index (χ3n) is 5.64. The van der Waals surface area contributed by atoms with Crippen LogP contribution in [0.4, 0.5) is 0 Å². The number of hydrogen-bond donors (Lipinski definition) is 1. The summed E-state index contributed by atoms with van der Waals surface area (Å²) in [5, 5.41) is 3.58. The summed E-state index contributed by atoms with van der Waals surface area (Å²) in [5.74, 6) is 1.59. The lowest BCUT2D eigenvalue weighted by Gasteiger charge is -2.35. The van der Waals surface area contributed by atoms with Crippen LogP contribution < -0.4 is 5.32 Å². The highest BCUT2D eigenvalue weighted by molar-refractivity contribution is 14.0. The molecule has 2 saturated heterocycles. The molecule has 29 heavy (non-hydrogen) atoms. The molecule has 2 aliphatic heterocycles. The van der Waals surface area contributed by atoms with Gasteiger partial charge in [0.2, 0.25) is 0 Å². The number of hydrogen-bond acceptors (Lipinski definition) is 4. The van der Waals surface area contributed by atoms with Gasteiger partial charge in [0.25, 0.3) is 0 Å². The standard InChI is InChI=1S/C22H36N4O2.HI/c1-17-12-25(13-18(2)28-17)15-21-8-6-5-7-20(21)11-24-22(23-3)26-10-9-19(14-26)16-27-4;/h5-8,17-19H,9-16H2,1-4H3,(H,23,24);1H. The van der Waals surface area contributed by atoms with Crippen LogP contribution in [-0.2, 0) is 22.6 Å². The summed E-state index contributed by atoms with van der Waals surface area (Å²) in [6.45, 7) is 10.9. The summed E-state index contributed by atoms with van der Waals surface area (Å²) in [7, 11) is 3.65. The smallest absolute Gasteiger partial charge is 0.193 e. The van der Waals surface area contributed by atoms with Crippen LogP contribution in [0.1, 0.15) is 31.4 Å². The first-order valence-electron chi connectivity index (χ1n) is 10.5. The maximum absolute atomic E-state index is 5.88. The van der Waals surface area contributed by atoms with Gasteiger partial charge in [0.15, 0.2) is 5.96 Å². The maximum atomic E-state index is 5.88. The first-order valence-corrected chi connectivity index (χ1v) is 10.5. The third kappa shape index (κ3) is 7.08. The number of benzene rings is 1. The Bertz CT molecular complexity index is 647. The van der Waals surface area contributed by atoms with Crippen LogP contribution in [0.15, 0.2) is 29.3 Å². The van der Waals surface area contributed by atoms with Crippen LogP contribution in [0.5, 0.6) is 0 Å². The minimum absolute atomic E-state index is 0. The number of morpholine rings is 1. The first kappa shape index (κ1) is 24.4. The normalized spacial score (nSPS) is 25.7. The molecule has 1 N–H and O–H groups in total. The monoisotopic (exact) mass is 516 g/mol. The van der Waals surface area contributed by atoms with Gasteiger partial charge in [0.05, 0.1) is 18.8 Å². The minimum atomic E-state index is 0. The molecule has 0 bridgehead atoms. The summed E-state index contributed by atoms with van der Waals surface area (Å²) in [6, 6.07) is 8.73. The van der Waals surface area contributed by atoms with Gasteiger partial charge in [-0.2, -0.15) is 0 Å². The van der Waals surface area contributed by atoms with E-state index >= 15 is 0 Å². The van der Waals surface area contributed by atoms with Gasteiger partial charge >= 0.3 is 0 Å². The molecule has 3 rings (SSSR count). The Labute approximate surface area is 193 Å². The van der Waals surface area contributed by atoms with Crippen LogP contribution in [0.2, 0.25) is 0 Å². The zero-order valence-electron chi connectivity index (χ0n) is 18.3. The number of nitrogens with zero attached hydrogens (tertiary/aromatic N) is 3. The molecule has 1 aromatic rings. The van der Waals surface area contributed by atoms with Crippen molar-refractivity contribution in [3.8, 4) is 0 Å². The molecule has 0 spiro atoms. The zero-order valence-corrected chi connectivity index (χ0v) is 20.6. The molecular formula is C22H37IN4O2. The molecule has 3 atom stereocenters. The predicted molar refractivity (Wildman–Crippen MR) is 129 cm³/mol. The quantitative estimate of drug-likeness (QED) is 0.358. The Morgan fingerprint density at radius 1 is 1.17 bits per heavy atom. The van der Waals surface area contributed by atoms with Gasteiger partial charge in [-0.05, 0) is 31.4 Å². The van der Waals surface area contributed by atoms with Gasteiger partial charge in [-0.3, -0.25) is 9.89 Å². The van der Waals surface area contributed by atoms with Crippen LogP contribution in [0.3, 0.4) is 0 Å². The van der Waals surface area contributed by atoms with Crippen LogP contribution >= 0.6 is 24.0 Å². The molecule has 6 nitrogen and oxygen atoms in total. The molecule has 0 aliphatic carbocycles. The number of rotatable bonds is 6. The number of ether oxygens (including phenoxy) is 2. The van der Waals surface area contributed by atoms with Crippen molar-refractivity contribution in [3.63, 3.8) is 0 Å². The van der Waals surface area contributed by atoms with E-state index in [2.05, 4.69) is 58.2 Å². The van der Waals surface area contributed by atoms with Crippen molar-refractivity contribution < 1.29 is 9.47 Å². The Kier molecular flexibility index (Phi) is 10.1. The molecule has 2 fully saturated rings. The van der Waals surface area contributed by atoms with Gasteiger partial charge in [-0.25, -0.2) is 0 Å². The van der Waals surface area contributed by atoms with Gasteiger partial charge in [-0.15, -0.1) is 24.0 Å². The molecular weight excluding hydrogens is 479 g/mol. The molecule has 2 aliphatic rings. The van der Waals surface area contributed by atoms with E-state index in [-0.39, 0.29) is 24.0 Å². The fourth-order valence-electron chi connectivity index (χ4n) is 4.44. The van der Waals surface area contributed by atoms with Gasteiger partial charge in [0.1, 0.15) is 0 Å². The van der Waals surface area contributed by atoms with E-state index in [4.69, 9.17) is 9.47 Å². The van der Waals surface area contributed by atoms with Crippen LogP contribution in [0, 0.1) is 5.92 Å². The number of likely N-dealkylation sites (tertiary alicyclic amines) is 1. The van der Waals surface area contributed by atoms with Crippen molar-refractivity contribution in [1.82, 2.24) is 15.1 Å². The van der Waals surface area contributed by atoms with Crippen molar-refractivity contribution in [1.29, 1.82) is 0 Å². The van der Waals surface area contributed by atoms with E-state index in [1.54, 1.807) is 7.11 Å². The van der Waals surface area contributed by atoms with E-state index < -0.39 is 0 Å². The Morgan fingerprint density at radius 2 is 1.86 bits per heavy atom. The second-order valence-electron chi connectivity index (χ2n) is 8.18. The summed E-state index contributed by atoms with van der Waals surface area (Å²) >= 11 is 0. The van der Waals surface area contributed by atoms with Crippen LogP contribution in [0.25, 0.3) is 0 Å². The molecule has 0 radical (unpaired) electrons.